The Morgan fingerprint density at radius 1 is 1.23 bits per heavy atom. The van der Waals surface area contributed by atoms with Crippen LogP contribution in [-0.4, -0.2) is 44.6 Å². The van der Waals surface area contributed by atoms with E-state index in [0.29, 0.717) is 19.3 Å². The van der Waals surface area contributed by atoms with Crippen molar-refractivity contribution in [2.75, 3.05) is 0 Å². The van der Waals surface area contributed by atoms with Gasteiger partial charge in [0.15, 0.2) is 11.6 Å². The highest BCUT2D eigenvalue weighted by Gasteiger charge is 2.65. The Kier molecular flexibility index (Phi) is 4.90. The number of ketones is 2. The predicted octanol–water partition coefficient (Wildman–Crippen LogP) is 2.82. The van der Waals surface area contributed by atoms with E-state index in [-0.39, 0.29) is 35.4 Å². The lowest BCUT2D eigenvalue weighted by molar-refractivity contribution is -0.164. The molecule has 2 unspecified atom stereocenters. The smallest absolute Gasteiger partial charge is 0.306 e. The van der Waals surface area contributed by atoms with Gasteiger partial charge in [-0.05, 0) is 55.9 Å². The third-order valence-electron chi connectivity index (χ3n) is 8.89. The van der Waals surface area contributed by atoms with Crippen LogP contribution in [0.2, 0.25) is 0 Å². The van der Waals surface area contributed by atoms with Gasteiger partial charge in [-0.2, -0.15) is 0 Å². The van der Waals surface area contributed by atoms with Gasteiger partial charge in [0.25, 0.3) is 0 Å². The molecule has 0 aromatic rings. The lowest BCUT2D eigenvalue weighted by atomic mass is 9.48. The number of hydrogen-bond acceptors (Lipinski definition) is 5. The highest BCUT2D eigenvalue weighted by molar-refractivity contribution is 5.94. The van der Waals surface area contributed by atoms with Crippen molar-refractivity contribution in [2.24, 2.45) is 28.6 Å². The van der Waals surface area contributed by atoms with E-state index in [4.69, 9.17) is 5.11 Å². The highest BCUT2D eigenvalue weighted by atomic mass is 16.4. The summed E-state index contributed by atoms with van der Waals surface area (Å²) < 4.78 is 0. The largest absolute Gasteiger partial charge is 0.481 e. The number of rotatable bonds is 4. The summed E-state index contributed by atoms with van der Waals surface area (Å²) in [5.41, 5.74) is -0.0576. The average molecular weight is 417 g/mol. The number of aliphatic hydroxyl groups excluding tert-OH is 1. The van der Waals surface area contributed by atoms with E-state index in [0.717, 1.165) is 12.8 Å². The van der Waals surface area contributed by atoms with Crippen molar-refractivity contribution in [1.82, 2.24) is 0 Å². The number of hydrogen-bond donors (Lipinski definition) is 3. The predicted molar refractivity (Wildman–Crippen MR) is 109 cm³/mol. The molecular weight excluding hydrogens is 384 g/mol. The molecule has 4 rings (SSSR count). The summed E-state index contributed by atoms with van der Waals surface area (Å²) >= 11 is 0. The Morgan fingerprint density at radius 3 is 2.60 bits per heavy atom. The summed E-state index contributed by atoms with van der Waals surface area (Å²) in [6.07, 6.45) is 5.27. The Labute approximate surface area is 177 Å². The number of carbonyl (C=O) groups is 3. The van der Waals surface area contributed by atoms with Crippen molar-refractivity contribution < 1.29 is 29.7 Å². The lowest BCUT2D eigenvalue weighted by Crippen LogP contribution is -2.57. The normalized spacial score (nSPS) is 43.6. The molecule has 7 atom stereocenters. The summed E-state index contributed by atoms with van der Waals surface area (Å²) in [4.78, 5) is 36.0. The van der Waals surface area contributed by atoms with Gasteiger partial charge < -0.3 is 15.3 Å². The molecule has 164 valence electrons. The number of Topliss-reactive ketones (excluding diaryl/α,β-unsaturated/α-hetero) is 1. The quantitative estimate of drug-likeness (QED) is 0.608. The fourth-order valence-electron chi connectivity index (χ4n) is 7.22. The van der Waals surface area contributed by atoms with Gasteiger partial charge in [0.1, 0.15) is 11.7 Å². The van der Waals surface area contributed by atoms with Gasteiger partial charge in [-0.3, -0.25) is 14.4 Å². The van der Waals surface area contributed by atoms with Crippen LogP contribution < -0.4 is 0 Å². The van der Waals surface area contributed by atoms with Crippen molar-refractivity contribution in [1.29, 1.82) is 0 Å². The fourth-order valence-corrected chi connectivity index (χ4v) is 7.22. The summed E-state index contributed by atoms with van der Waals surface area (Å²) in [6.45, 7) is 6.31. The molecule has 0 aromatic heterocycles. The number of carboxylic acid groups (broad SMARTS) is 1. The first-order chi connectivity index (χ1) is 13.9. The van der Waals surface area contributed by atoms with Crippen LogP contribution in [0.1, 0.15) is 65.7 Å². The molecule has 0 aromatic carbocycles. The minimum absolute atomic E-state index is 0.0851. The van der Waals surface area contributed by atoms with Gasteiger partial charge in [0, 0.05) is 17.3 Å². The van der Waals surface area contributed by atoms with E-state index in [1.165, 1.54) is 11.1 Å². The summed E-state index contributed by atoms with van der Waals surface area (Å²) in [5.74, 6) is -1.27. The second kappa shape index (κ2) is 6.86. The first-order valence-corrected chi connectivity index (χ1v) is 11.1. The zero-order valence-corrected chi connectivity index (χ0v) is 18.0. The molecular formula is C24H32O6. The van der Waals surface area contributed by atoms with E-state index in [9.17, 15) is 24.6 Å². The molecule has 0 radical (unpaired) electrons. The zero-order chi connectivity index (χ0) is 22.1. The highest BCUT2D eigenvalue weighted by Crippen LogP contribution is 2.66. The third-order valence-corrected chi connectivity index (χ3v) is 8.89. The standard InChI is InChI=1S/C24H32O6/c1-13-10-15-16(22(2)7-4-14(25)11-18(13)22)5-8-23(3)17(15)6-9-24(23,30)21(29)19(26)12-20(27)28/h5,11,13,15,17,19,26,30H,4,6-10,12H2,1-3H3,(H,27,28)/t13?,15-,17+,19?,22-,23+,24+/m1/s1. The molecule has 0 bridgehead atoms. The number of carbonyl (C=O) groups excluding carboxylic acids is 2. The molecule has 2 saturated carbocycles. The molecule has 4 aliphatic rings. The lowest BCUT2D eigenvalue weighted by Gasteiger charge is -2.56. The van der Waals surface area contributed by atoms with E-state index >= 15 is 0 Å². The second-order valence-electron chi connectivity index (χ2n) is 10.4. The first kappa shape index (κ1) is 21.4. The van der Waals surface area contributed by atoms with E-state index in [1.54, 1.807) is 0 Å². The van der Waals surface area contributed by atoms with Crippen molar-refractivity contribution in [3.8, 4) is 0 Å². The maximum Gasteiger partial charge on any atom is 0.306 e. The van der Waals surface area contributed by atoms with Crippen LogP contribution in [-0.2, 0) is 14.4 Å². The minimum atomic E-state index is -1.72. The van der Waals surface area contributed by atoms with Crippen LogP contribution in [0.25, 0.3) is 0 Å². The van der Waals surface area contributed by atoms with Crippen molar-refractivity contribution in [3.63, 3.8) is 0 Å². The SMILES string of the molecule is CC1C[C@@H]2C(=CC[C@@]3(C)[C@H]2CC[C@]3(O)C(=O)C(O)CC(=O)O)[C@@]2(C)CCC(=O)C=C12. The summed E-state index contributed by atoms with van der Waals surface area (Å²) in [5, 5.41) is 30.6. The van der Waals surface area contributed by atoms with Crippen LogP contribution in [0.4, 0.5) is 0 Å². The van der Waals surface area contributed by atoms with E-state index in [2.05, 4.69) is 19.9 Å². The molecule has 2 fully saturated rings. The number of fused-ring (bicyclic) bond motifs is 5. The second-order valence-corrected chi connectivity index (χ2v) is 10.4. The minimum Gasteiger partial charge on any atom is -0.481 e. The monoisotopic (exact) mass is 416 g/mol. The molecule has 6 heteroatoms. The molecule has 4 aliphatic carbocycles. The van der Waals surface area contributed by atoms with Crippen molar-refractivity contribution in [3.05, 3.63) is 23.3 Å². The van der Waals surface area contributed by atoms with Crippen LogP contribution in [0.5, 0.6) is 0 Å². The number of allylic oxidation sites excluding steroid dienone is 4. The van der Waals surface area contributed by atoms with E-state index < -0.39 is 35.3 Å². The van der Waals surface area contributed by atoms with Crippen LogP contribution in [0, 0.1) is 28.6 Å². The Bertz CT molecular complexity index is 871. The fraction of sp³-hybridized carbons (Fsp3) is 0.708. The maximum atomic E-state index is 13.0. The topological polar surface area (TPSA) is 112 Å². The number of aliphatic hydroxyl groups is 2. The third kappa shape index (κ3) is 2.79. The van der Waals surface area contributed by atoms with Gasteiger partial charge >= 0.3 is 5.97 Å². The first-order valence-electron chi connectivity index (χ1n) is 11.1. The van der Waals surface area contributed by atoms with Gasteiger partial charge in [-0.1, -0.05) is 38.0 Å². The van der Waals surface area contributed by atoms with Crippen LogP contribution in [0.15, 0.2) is 23.3 Å². The molecule has 0 aliphatic heterocycles. The Morgan fingerprint density at radius 2 is 1.93 bits per heavy atom. The molecule has 0 saturated heterocycles. The molecule has 6 nitrogen and oxygen atoms in total. The number of aliphatic carboxylic acids is 1. The Balaban J connectivity index is 1.71. The van der Waals surface area contributed by atoms with Crippen molar-refractivity contribution >= 4 is 17.5 Å². The molecule has 0 spiro atoms. The summed E-state index contributed by atoms with van der Waals surface area (Å²) in [6, 6.07) is 0. The van der Waals surface area contributed by atoms with Gasteiger partial charge in [-0.25, -0.2) is 0 Å². The van der Waals surface area contributed by atoms with Crippen molar-refractivity contribution in [2.45, 2.75) is 77.4 Å². The zero-order valence-electron chi connectivity index (χ0n) is 18.0. The average Bonchev–Trinajstić information content (AvgIpc) is 2.94. The Hall–Kier alpha value is -1.79. The van der Waals surface area contributed by atoms with Crippen LogP contribution in [0.3, 0.4) is 0 Å². The van der Waals surface area contributed by atoms with E-state index in [1.807, 2.05) is 13.0 Å². The van der Waals surface area contributed by atoms with Gasteiger partial charge in [0.2, 0.25) is 0 Å². The summed E-state index contributed by atoms with van der Waals surface area (Å²) in [7, 11) is 0. The molecule has 0 heterocycles. The van der Waals surface area contributed by atoms with Gasteiger partial charge in [0.05, 0.1) is 6.42 Å². The molecule has 3 N–H and O–H groups in total. The maximum absolute atomic E-state index is 13.0. The number of carboxylic acids is 1. The molecule has 0 amide bonds. The van der Waals surface area contributed by atoms with Crippen LogP contribution >= 0.6 is 0 Å². The van der Waals surface area contributed by atoms with Gasteiger partial charge in [-0.15, -0.1) is 0 Å². The molecule has 30 heavy (non-hydrogen) atoms.